The summed E-state index contributed by atoms with van der Waals surface area (Å²) in [5, 5.41) is 6.49. The van der Waals surface area contributed by atoms with Gasteiger partial charge in [-0.05, 0) is 43.6 Å². The topological polar surface area (TPSA) is 47.6 Å². The van der Waals surface area contributed by atoms with Gasteiger partial charge in [-0.3, -0.25) is 9.69 Å². The molecule has 26 heavy (non-hydrogen) atoms. The molecular weight excluding hydrogens is 348 g/mol. The van der Waals surface area contributed by atoms with Crippen LogP contribution in [0.2, 0.25) is 0 Å². The number of halogens is 1. The molecule has 2 fully saturated rings. The van der Waals surface area contributed by atoms with Gasteiger partial charge in [-0.1, -0.05) is 31.2 Å². The Labute approximate surface area is 163 Å². The molecule has 0 aromatic heterocycles. The van der Waals surface area contributed by atoms with Crippen molar-refractivity contribution in [2.24, 2.45) is 5.92 Å². The summed E-state index contributed by atoms with van der Waals surface area (Å²) in [5.41, 5.74) is 2.60. The van der Waals surface area contributed by atoms with Gasteiger partial charge in [-0.2, -0.15) is 0 Å². The van der Waals surface area contributed by atoms with Crippen molar-refractivity contribution in [3.8, 4) is 0 Å². The predicted molar refractivity (Wildman–Crippen MR) is 109 cm³/mol. The van der Waals surface area contributed by atoms with Crippen LogP contribution in [0.25, 0.3) is 0 Å². The maximum Gasteiger partial charge on any atom is 0.223 e. The lowest BCUT2D eigenvalue weighted by Gasteiger charge is -2.34. The van der Waals surface area contributed by atoms with E-state index in [1.54, 1.807) is 0 Å². The van der Waals surface area contributed by atoms with Crippen molar-refractivity contribution in [2.45, 2.75) is 32.9 Å². The molecule has 1 aromatic carbocycles. The summed E-state index contributed by atoms with van der Waals surface area (Å²) in [5.74, 6) is 0.392. The second-order valence-electron chi connectivity index (χ2n) is 7.22. The van der Waals surface area contributed by atoms with Crippen LogP contribution in [0, 0.1) is 5.92 Å². The van der Waals surface area contributed by atoms with E-state index >= 15 is 0 Å². The number of piperazine rings is 1. The average Bonchev–Trinajstić information content (AvgIpc) is 2.68. The van der Waals surface area contributed by atoms with E-state index in [1.165, 1.54) is 11.1 Å². The number of amides is 1. The normalized spacial score (nSPS) is 19.7. The smallest absolute Gasteiger partial charge is 0.223 e. The zero-order valence-electron chi connectivity index (χ0n) is 15.9. The van der Waals surface area contributed by atoms with Gasteiger partial charge in [0.1, 0.15) is 0 Å². The van der Waals surface area contributed by atoms with Crippen molar-refractivity contribution in [3.05, 3.63) is 35.4 Å². The van der Waals surface area contributed by atoms with Crippen LogP contribution in [0.15, 0.2) is 24.3 Å². The maximum atomic E-state index is 12.4. The first-order valence-corrected chi connectivity index (χ1v) is 9.76. The van der Waals surface area contributed by atoms with Gasteiger partial charge in [-0.15, -0.1) is 12.4 Å². The largest absolute Gasteiger partial charge is 0.352 e. The molecular formula is C20H33ClN4O. The summed E-state index contributed by atoms with van der Waals surface area (Å²) in [6, 6.07) is 8.54. The van der Waals surface area contributed by atoms with E-state index in [0.29, 0.717) is 6.54 Å². The second-order valence-corrected chi connectivity index (χ2v) is 7.22. The Hall–Kier alpha value is -1.14. The number of likely N-dealkylation sites (N-methyl/N-ethyl adjacent to an activating group) is 1. The molecule has 2 aliphatic heterocycles. The minimum Gasteiger partial charge on any atom is -0.352 e. The van der Waals surface area contributed by atoms with Gasteiger partial charge in [0.15, 0.2) is 0 Å². The van der Waals surface area contributed by atoms with E-state index < -0.39 is 0 Å². The molecule has 2 saturated heterocycles. The van der Waals surface area contributed by atoms with Crippen LogP contribution in [-0.2, 0) is 17.9 Å². The lowest BCUT2D eigenvalue weighted by molar-refractivity contribution is -0.125. The van der Waals surface area contributed by atoms with Crippen LogP contribution in [0.5, 0.6) is 0 Å². The Bertz CT molecular complexity index is 554. The fourth-order valence-corrected chi connectivity index (χ4v) is 3.80. The lowest BCUT2D eigenvalue weighted by atomic mass is 9.97. The molecule has 1 aromatic rings. The van der Waals surface area contributed by atoms with E-state index in [1.807, 2.05) is 0 Å². The predicted octanol–water partition coefficient (Wildman–Crippen LogP) is 1.86. The lowest BCUT2D eigenvalue weighted by Crippen LogP contribution is -2.45. The highest BCUT2D eigenvalue weighted by Gasteiger charge is 2.21. The van der Waals surface area contributed by atoms with Crippen molar-refractivity contribution >= 4 is 18.3 Å². The van der Waals surface area contributed by atoms with Crippen molar-refractivity contribution in [2.75, 3.05) is 45.8 Å². The number of benzene rings is 1. The zero-order chi connectivity index (χ0) is 17.5. The van der Waals surface area contributed by atoms with Crippen LogP contribution in [0.3, 0.4) is 0 Å². The maximum absolute atomic E-state index is 12.4. The van der Waals surface area contributed by atoms with Gasteiger partial charge in [-0.25, -0.2) is 0 Å². The van der Waals surface area contributed by atoms with Crippen molar-refractivity contribution < 1.29 is 4.79 Å². The van der Waals surface area contributed by atoms with Gasteiger partial charge in [0.25, 0.3) is 0 Å². The number of nitrogens with zero attached hydrogens (tertiary/aromatic N) is 2. The minimum absolute atomic E-state index is 0. The summed E-state index contributed by atoms with van der Waals surface area (Å²) in [6.07, 6.45) is 1.91. The second kappa shape index (κ2) is 10.9. The number of hydrogen-bond acceptors (Lipinski definition) is 4. The molecule has 0 bridgehead atoms. The summed E-state index contributed by atoms with van der Waals surface area (Å²) in [7, 11) is 0. The van der Waals surface area contributed by atoms with E-state index in [-0.39, 0.29) is 24.2 Å². The van der Waals surface area contributed by atoms with E-state index in [2.05, 4.69) is 51.6 Å². The molecule has 0 unspecified atom stereocenters. The molecule has 1 amide bonds. The van der Waals surface area contributed by atoms with Crippen molar-refractivity contribution in [3.63, 3.8) is 0 Å². The Morgan fingerprint density at radius 1 is 1.08 bits per heavy atom. The molecule has 0 saturated carbocycles. The quantitative estimate of drug-likeness (QED) is 0.790. The molecule has 146 valence electrons. The summed E-state index contributed by atoms with van der Waals surface area (Å²) < 4.78 is 0. The van der Waals surface area contributed by atoms with Gasteiger partial charge in [0.2, 0.25) is 5.91 Å². The zero-order valence-corrected chi connectivity index (χ0v) is 16.7. The Kier molecular flexibility index (Phi) is 8.85. The number of carbonyl (C=O) groups excluding carboxylic acids is 1. The van der Waals surface area contributed by atoms with Crippen LogP contribution in [-0.4, -0.2) is 61.5 Å². The monoisotopic (exact) mass is 380 g/mol. The summed E-state index contributed by atoms with van der Waals surface area (Å²) in [4.78, 5) is 17.4. The number of nitrogens with one attached hydrogen (secondary N) is 2. The number of rotatable bonds is 6. The van der Waals surface area contributed by atoms with Gasteiger partial charge < -0.3 is 15.5 Å². The Balaban J connectivity index is 0.00000243. The first-order chi connectivity index (χ1) is 12.3. The fraction of sp³-hybridized carbons (Fsp3) is 0.650. The van der Waals surface area contributed by atoms with Crippen LogP contribution >= 0.6 is 12.4 Å². The molecule has 2 aliphatic rings. The third kappa shape index (κ3) is 5.95. The molecule has 3 rings (SSSR count). The Morgan fingerprint density at radius 2 is 1.69 bits per heavy atom. The standard InChI is InChI=1S/C20H32N4O.ClH/c1-2-23-11-13-24(14-12-23)16-19-6-4-3-5-18(19)15-22-20(25)17-7-9-21-10-8-17;/h3-6,17,21H,2,7-16H2,1H3,(H,22,25);1H. The summed E-state index contributed by atoms with van der Waals surface area (Å²) >= 11 is 0. The Morgan fingerprint density at radius 3 is 2.35 bits per heavy atom. The molecule has 0 aliphatic carbocycles. The third-order valence-electron chi connectivity index (χ3n) is 5.59. The third-order valence-corrected chi connectivity index (χ3v) is 5.59. The molecule has 2 heterocycles. The fourth-order valence-electron chi connectivity index (χ4n) is 3.80. The van der Waals surface area contributed by atoms with Gasteiger partial charge in [0, 0.05) is 45.2 Å². The molecule has 0 radical (unpaired) electrons. The van der Waals surface area contributed by atoms with Crippen molar-refractivity contribution in [1.29, 1.82) is 0 Å². The molecule has 0 spiro atoms. The van der Waals surface area contributed by atoms with Gasteiger partial charge >= 0.3 is 0 Å². The van der Waals surface area contributed by atoms with E-state index in [9.17, 15) is 4.79 Å². The first kappa shape index (κ1) is 21.2. The number of piperidine rings is 1. The SMILES string of the molecule is CCN1CCN(Cc2ccccc2CNC(=O)C2CCNCC2)CC1.Cl. The average molecular weight is 381 g/mol. The van der Waals surface area contributed by atoms with Crippen LogP contribution < -0.4 is 10.6 Å². The first-order valence-electron chi connectivity index (χ1n) is 9.76. The molecule has 6 heteroatoms. The van der Waals surface area contributed by atoms with Crippen molar-refractivity contribution in [1.82, 2.24) is 20.4 Å². The van der Waals surface area contributed by atoms with E-state index in [0.717, 1.165) is 65.2 Å². The van der Waals surface area contributed by atoms with E-state index in [4.69, 9.17) is 0 Å². The number of hydrogen-bond donors (Lipinski definition) is 2. The highest BCUT2D eigenvalue weighted by Crippen LogP contribution is 2.15. The number of carbonyl (C=O) groups is 1. The summed E-state index contributed by atoms with van der Waals surface area (Å²) in [6.45, 7) is 11.5. The molecule has 2 N–H and O–H groups in total. The van der Waals surface area contributed by atoms with Crippen LogP contribution in [0.1, 0.15) is 30.9 Å². The molecule has 0 atom stereocenters. The molecule has 5 nitrogen and oxygen atoms in total. The highest BCUT2D eigenvalue weighted by molar-refractivity contribution is 5.85. The minimum atomic E-state index is 0. The van der Waals surface area contributed by atoms with Gasteiger partial charge in [0.05, 0.1) is 0 Å². The van der Waals surface area contributed by atoms with Crippen LogP contribution in [0.4, 0.5) is 0 Å². The highest BCUT2D eigenvalue weighted by atomic mass is 35.5.